The molecule has 1 aromatic carbocycles. The van der Waals surface area contributed by atoms with Crippen LogP contribution in [0.15, 0.2) is 18.2 Å². The van der Waals surface area contributed by atoms with Gasteiger partial charge < -0.3 is 4.90 Å². The molecule has 2 heterocycles. The van der Waals surface area contributed by atoms with Crippen LogP contribution in [0.5, 0.6) is 0 Å². The molecule has 19 heavy (non-hydrogen) atoms. The normalized spacial score (nSPS) is 19.2. The highest BCUT2D eigenvalue weighted by molar-refractivity contribution is 6.05. The van der Waals surface area contributed by atoms with E-state index in [1.807, 2.05) is 6.07 Å². The second-order valence-electron chi connectivity index (χ2n) is 5.09. The third-order valence-electron chi connectivity index (χ3n) is 3.78. The number of carbonyl (C=O) groups excluding carboxylic acids is 2. The van der Waals surface area contributed by atoms with E-state index in [4.69, 9.17) is 0 Å². The lowest BCUT2D eigenvalue weighted by Crippen LogP contribution is -2.49. The monoisotopic (exact) mass is 259 g/mol. The number of nitrogens with zero attached hydrogens (tertiary/aromatic N) is 2. The molecule has 0 aromatic heterocycles. The Kier molecular flexibility index (Phi) is 2.89. The maximum absolute atomic E-state index is 11.8. The number of rotatable bonds is 1. The molecule has 2 aliphatic heterocycles. The van der Waals surface area contributed by atoms with E-state index >= 15 is 0 Å². The standard InChI is InChI=1S/C14H17N3O2/c1-16-7-2-3-10-9-11(4-5-12(10)16)17-8-6-13(18)15-14(17)19/h4-5,9H,2-3,6-8H2,1H3,(H,15,18,19). The molecule has 0 unspecified atom stereocenters. The molecule has 0 aliphatic carbocycles. The van der Waals surface area contributed by atoms with Crippen LogP contribution >= 0.6 is 0 Å². The van der Waals surface area contributed by atoms with Crippen molar-refractivity contribution in [3.63, 3.8) is 0 Å². The number of hydrogen-bond acceptors (Lipinski definition) is 3. The number of urea groups is 1. The van der Waals surface area contributed by atoms with E-state index in [0.717, 1.165) is 25.1 Å². The molecule has 1 saturated heterocycles. The Labute approximate surface area is 112 Å². The lowest BCUT2D eigenvalue weighted by atomic mass is 10.0. The highest BCUT2D eigenvalue weighted by atomic mass is 16.2. The fourth-order valence-corrected chi connectivity index (χ4v) is 2.75. The van der Waals surface area contributed by atoms with Gasteiger partial charge in [-0.05, 0) is 36.6 Å². The van der Waals surface area contributed by atoms with E-state index in [0.29, 0.717) is 13.0 Å². The molecule has 0 bridgehead atoms. The molecule has 1 aromatic rings. The number of nitrogens with one attached hydrogen (secondary N) is 1. The molecule has 3 rings (SSSR count). The first-order valence-electron chi connectivity index (χ1n) is 6.60. The average molecular weight is 259 g/mol. The summed E-state index contributed by atoms with van der Waals surface area (Å²) in [6.45, 7) is 1.53. The van der Waals surface area contributed by atoms with E-state index < -0.39 is 0 Å². The zero-order chi connectivity index (χ0) is 13.4. The minimum Gasteiger partial charge on any atom is -0.374 e. The molecule has 0 spiro atoms. The van der Waals surface area contributed by atoms with Gasteiger partial charge >= 0.3 is 6.03 Å². The molecule has 1 fully saturated rings. The largest absolute Gasteiger partial charge is 0.374 e. The molecule has 100 valence electrons. The second-order valence-corrected chi connectivity index (χ2v) is 5.09. The highest BCUT2D eigenvalue weighted by Crippen LogP contribution is 2.30. The van der Waals surface area contributed by atoms with Crippen LogP contribution in [0.2, 0.25) is 0 Å². The van der Waals surface area contributed by atoms with E-state index in [2.05, 4.69) is 29.4 Å². The van der Waals surface area contributed by atoms with Gasteiger partial charge in [-0.15, -0.1) is 0 Å². The van der Waals surface area contributed by atoms with E-state index in [1.54, 1.807) is 4.90 Å². The summed E-state index contributed by atoms with van der Waals surface area (Å²) >= 11 is 0. The maximum atomic E-state index is 11.8. The van der Waals surface area contributed by atoms with E-state index in [9.17, 15) is 9.59 Å². The van der Waals surface area contributed by atoms with Gasteiger partial charge in [-0.1, -0.05) is 0 Å². The summed E-state index contributed by atoms with van der Waals surface area (Å²) < 4.78 is 0. The summed E-state index contributed by atoms with van der Waals surface area (Å²) in [4.78, 5) is 26.9. The first kappa shape index (κ1) is 12.0. The van der Waals surface area contributed by atoms with Crippen molar-refractivity contribution < 1.29 is 9.59 Å². The van der Waals surface area contributed by atoms with Crippen LogP contribution in [0.25, 0.3) is 0 Å². The lowest BCUT2D eigenvalue weighted by molar-refractivity contribution is -0.120. The number of hydrogen-bond donors (Lipinski definition) is 1. The van der Waals surface area contributed by atoms with Crippen LogP contribution in [-0.4, -0.2) is 32.1 Å². The zero-order valence-corrected chi connectivity index (χ0v) is 11.0. The van der Waals surface area contributed by atoms with Crippen molar-refractivity contribution in [1.29, 1.82) is 0 Å². The van der Waals surface area contributed by atoms with Crippen LogP contribution < -0.4 is 15.1 Å². The summed E-state index contributed by atoms with van der Waals surface area (Å²) in [5.41, 5.74) is 3.39. The lowest BCUT2D eigenvalue weighted by Gasteiger charge is -2.31. The summed E-state index contributed by atoms with van der Waals surface area (Å²) in [5.74, 6) is -0.195. The second kappa shape index (κ2) is 4.57. The third-order valence-corrected chi connectivity index (χ3v) is 3.78. The van der Waals surface area contributed by atoms with Gasteiger partial charge in [-0.25, -0.2) is 4.79 Å². The number of imide groups is 1. The fourth-order valence-electron chi connectivity index (χ4n) is 2.75. The van der Waals surface area contributed by atoms with Crippen molar-refractivity contribution in [2.75, 3.05) is 29.9 Å². The summed E-state index contributed by atoms with van der Waals surface area (Å²) in [7, 11) is 2.09. The van der Waals surface area contributed by atoms with Gasteiger partial charge in [0.15, 0.2) is 0 Å². The van der Waals surface area contributed by atoms with E-state index in [1.165, 1.54) is 11.3 Å². The summed E-state index contributed by atoms with van der Waals surface area (Å²) in [5, 5.41) is 2.35. The zero-order valence-electron chi connectivity index (χ0n) is 11.0. The SMILES string of the molecule is CN1CCCc2cc(N3CCC(=O)NC3=O)ccc21. The first-order valence-corrected chi connectivity index (χ1v) is 6.60. The smallest absolute Gasteiger partial charge is 0.328 e. The van der Waals surface area contributed by atoms with Crippen LogP contribution in [0, 0.1) is 0 Å². The van der Waals surface area contributed by atoms with Crippen molar-refractivity contribution in [2.45, 2.75) is 19.3 Å². The molecular formula is C14H17N3O2. The molecule has 2 aliphatic rings. The van der Waals surface area contributed by atoms with Crippen LogP contribution in [0.1, 0.15) is 18.4 Å². The van der Waals surface area contributed by atoms with Gasteiger partial charge in [0.1, 0.15) is 0 Å². The fraction of sp³-hybridized carbons (Fsp3) is 0.429. The maximum Gasteiger partial charge on any atom is 0.328 e. The number of carbonyl (C=O) groups is 2. The third kappa shape index (κ3) is 2.16. The quantitative estimate of drug-likeness (QED) is 0.832. The number of amides is 3. The molecule has 0 atom stereocenters. The van der Waals surface area contributed by atoms with Gasteiger partial charge in [0.05, 0.1) is 0 Å². The van der Waals surface area contributed by atoms with Crippen molar-refractivity contribution in [1.82, 2.24) is 5.32 Å². The average Bonchev–Trinajstić information content (AvgIpc) is 2.38. The Morgan fingerprint density at radius 2 is 2.00 bits per heavy atom. The van der Waals surface area contributed by atoms with Crippen LogP contribution in [0.4, 0.5) is 16.2 Å². The molecule has 3 amide bonds. The number of aryl methyl sites for hydroxylation is 1. The van der Waals surface area contributed by atoms with Gasteiger partial charge in [-0.2, -0.15) is 0 Å². The van der Waals surface area contributed by atoms with Crippen molar-refractivity contribution >= 4 is 23.3 Å². The highest BCUT2D eigenvalue weighted by Gasteiger charge is 2.25. The number of fused-ring (bicyclic) bond motifs is 1. The molecule has 5 nitrogen and oxygen atoms in total. The molecule has 0 saturated carbocycles. The van der Waals surface area contributed by atoms with Crippen molar-refractivity contribution in [2.24, 2.45) is 0 Å². The summed E-state index contributed by atoms with van der Waals surface area (Å²) in [6.07, 6.45) is 2.54. The minimum atomic E-state index is -0.319. The molecule has 0 radical (unpaired) electrons. The Morgan fingerprint density at radius 3 is 2.79 bits per heavy atom. The van der Waals surface area contributed by atoms with Crippen LogP contribution in [0.3, 0.4) is 0 Å². The Hall–Kier alpha value is -2.04. The number of benzene rings is 1. The first-order chi connectivity index (χ1) is 9.15. The van der Waals surface area contributed by atoms with Gasteiger partial charge in [-0.3, -0.25) is 15.0 Å². The topological polar surface area (TPSA) is 52.6 Å². The molecule has 5 heteroatoms. The van der Waals surface area contributed by atoms with Gasteiger partial charge in [0, 0.05) is 37.9 Å². The summed E-state index contributed by atoms with van der Waals surface area (Å²) in [6, 6.07) is 5.77. The van der Waals surface area contributed by atoms with Crippen molar-refractivity contribution in [3.8, 4) is 0 Å². The number of anilines is 2. The Balaban J connectivity index is 1.90. The van der Waals surface area contributed by atoms with Crippen LogP contribution in [-0.2, 0) is 11.2 Å². The van der Waals surface area contributed by atoms with E-state index in [-0.39, 0.29) is 11.9 Å². The van der Waals surface area contributed by atoms with Crippen molar-refractivity contribution in [3.05, 3.63) is 23.8 Å². The molecular weight excluding hydrogens is 242 g/mol. The predicted octanol–water partition coefficient (Wildman–Crippen LogP) is 1.52. The Morgan fingerprint density at radius 1 is 1.16 bits per heavy atom. The predicted molar refractivity (Wildman–Crippen MR) is 73.5 cm³/mol. The minimum absolute atomic E-state index is 0.195. The van der Waals surface area contributed by atoms with Gasteiger partial charge in [0.2, 0.25) is 5.91 Å². The Bertz CT molecular complexity index is 541. The molecule has 1 N–H and O–H groups in total. The van der Waals surface area contributed by atoms with Gasteiger partial charge in [0.25, 0.3) is 0 Å².